The maximum absolute atomic E-state index is 13.8. The second-order valence-electron chi connectivity index (χ2n) is 6.24. The second kappa shape index (κ2) is 8.49. The van der Waals surface area contributed by atoms with E-state index >= 15 is 0 Å². The number of nitrogens with zero attached hydrogens (tertiary/aromatic N) is 3. The Morgan fingerprint density at radius 1 is 0.778 bits per heavy atom. The number of pyridine rings is 1. The third-order valence-electron chi connectivity index (χ3n) is 4.29. The molecule has 3 aromatic rings. The maximum atomic E-state index is 13.8. The van der Waals surface area contributed by atoms with Crippen LogP contribution < -0.4 is 0 Å². The fourth-order valence-corrected chi connectivity index (χ4v) is 2.77. The molecule has 1 aromatic heterocycles. The van der Waals surface area contributed by atoms with Crippen molar-refractivity contribution < 1.29 is 4.39 Å². The first-order chi connectivity index (χ1) is 13.1. The molecule has 0 aliphatic carbocycles. The van der Waals surface area contributed by atoms with Crippen molar-refractivity contribution in [1.29, 1.82) is 0 Å². The van der Waals surface area contributed by atoms with Gasteiger partial charge in [0, 0.05) is 0 Å². The molecule has 0 bridgehead atoms. The van der Waals surface area contributed by atoms with Crippen LogP contribution in [0.1, 0.15) is 37.7 Å². The van der Waals surface area contributed by atoms with Gasteiger partial charge in [-0.3, -0.25) is 4.99 Å². The van der Waals surface area contributed by atoms with Crippen LogP contribution in [-0.2, 0) is 6.42 Å². The van der Waals surface area contributed by atoms with Crippen LogP contribution >= 0.6 is 0 Å². The number of hydrogen-bond acceptors (Lipinski definition) is 3. The third-order valence-corrected chi connectivity index (χ3v) is 4.29. The number of aliphatic imine (C=N–C) groups is 2. The summed E-state index contributed by atoms with van der Waals surface area (Å²) in [4.78, 5) is 13.8. The number of aromatic nitrogens is 1. The van der Waals surface area contributed by atoms with E-state index < -0.39 is 0 Å². The highest BCUT2D eigenvalue weighted by atomic mass is 19.1. The molecular formula is C23H22FN3. The van der Waals surface area contributed by atoms with Crippen LogP contribution in [0.2, 0.25) is 0 Å². The first kappa shape index (κ1) is 18.6. The minimum absolute atomic E-state index is 0.310. The predicted molar refractivity (Wildman–Crippen MR) is 110 cm³/mol. The Kier molecular flexibility index (Phi) is 5.87. The monoisotopic (exact) mass is 359 g/mol. The van der Waals surface area contributed by atoms with Gasteiger partial charge in [-0.1, -0.05) is 43.3 Å². The molecule has 0 saturated carbocycles. The van der Waals surface area contributed by atoms with Crippen LogP contribution in [0.4, 0.5) is 15.8 Å². The molecule has 4 heteroatoms. The van der Waals surface area contributed by atoms with Gasteiger partial charge in [-0.2, -0.15) is 0 Å². The molecule has 0 aliphatic rings. The maximum Gasteiger partial charge on any atom is 0.148 e. The smallest absolute Gasteiger partial charge is 0.148 e. The lowest BCUT2D eigenvalue weighted by Crippen LogP contribution is -2.05. The summed E-state index contributed by atoms with van der Waals surface area (Å²) in [7, 11) is 0. The molecule has 0 aliphatic heterocycles. The van der Waals surface area contributed by atoms with Gasteiger partial charge in [-0.15, -0.1) is 0 Å². The summed E-state index contributed by atoms with van der Waals surface area (Å²) in [5.74, 6) is -0.345. The zero-order valence-corrected chi connectivity index (χ0v) is 15.8. The zero-order chi connectivity index (χ0) is 19.2. The van der Waals surface area contributed by atoms with E-state index in [0.717, 1.165) is 23.5 Å². The Balaban J connectivity index is 1.93. The van der Waals surface area contributed by atoms with Crippen LogP contribution in [0.15, 0.2) is 76.7 Å². The molecule has 0 amide bonds. The van der Waals surface area contributed by atoms with Crippen LogP contribution in [0.25, 0.3) is 0 Å². The second-order valence-corrected chi connectivity index (χ2v) is 6.24. The molecule has 0 saturated heterocycles. The lowest BCUT2D eigenvalue weighted by atomic mass is 10.1. The first-order valence-electron chi connectivity index (χ1n) is 8.99. The summed E-state index contributed by atoms with van der Waals surface area (Å²) in [5.41, 5.74) is 5.44. The fraction of sp³-hybridized carbons (Fsp3) is 0.174. The van der Waals surface area contributed by atoms with Crippen molar-refractivity contribution in [1.82, 2.24) is 4.98 Å². The van der Waals surface area contributed by atoms with Gasteiger partial charge in [0.25, 0.3) is 0 Å². The standard InChI is InChI=1S/C23H22FN3/c1-4-18-10-5-7-12-22(18)25-16(2)20-14-9-15-21(27-20)17(3)26-23-13-8-6-11-19(23)24/h5-15H,4H2,1-3H3. The van der Waals surface area contributed by atoms with E-state index in [-0.39, 0.29) is 5.82 Å². The normalized spacial score (nSPS) is 12.3. The molecule has 0 spiro atoms. The van der Waals surface area contributed by atoms with E-state index in [9.17, 15) is 4.39 Å². The number of rotatable bonds is 5. The van der Waals surface area contributed by atoms with Crippen molar-refractivity contribution in [3.8, 4) is 0 Å². The summed E-state index contributed by atoms with van der Waals surface area (Å²) < 4.78 is 13.8. The minimum Gasteiger partial charge on any atom is -0.251 e. The van der Waals surface area contributed by atoms with Gasteiger partial charge in [0.2, 0.25) is 0 Å². The van der Waals surface area contributed by atoms with Gasteiger partial charge >= 0.3 is 0 Å². The Labute approximate surface area is 159 Å². The Bertz CT molecular complexity index is 1010. The van der Waals surface area contributed by atoms with Crippen LogP contribution in [-0.4, -0.2) is 16.4 Å². The summed E-state index contributed by atoms with van der Waals surface area (Å²) >= 11 is 0. The van der Waals surface area contributed by atoms with E-state index in [1.165, 1.54) is 11.6 Å². The number of benzene rings is 2. The topological polar surface area (TPSA) is 37.6 Å². The van der Waals surface area contributed by atoms with Crippen LogP contribution in [0.3, 0.4) is 0 Å². The van der Waals surface area contributed by atoms with Gasteiger partial charge < -0.3 is 0 Å². The molecular weight excluding hydrogens is 337 g/mol. The Morgan fingerprint density at radius 2 is 1.33 bits per heavy atom. The summed E-state index contributed by atoms with van der Waals surface area (Å²) in [5, 5.41) is 0. The highest BCUT2D eigenvalue weighted by molar-refractivity contribution is 6.02. The van der Waals surface area contributed by atoms with Crippen LogP contribution in [0.5, 0.6) is 0 Å². The lowest BCUT2D eigenvalue weighted by molar-refractivity contribution is 0.630. The first-order valence-corrected chi connectivity index (χ1v) is 8.99. The fourth-order valence-electron chi connectivity index (χ4n) is 2.77. The quantitative estimate of drug-likeness (QED) is 0.510. The molecule has 0 unspecified atom stereocenters. The Hall–Kier alpha value is -3.14. The van der Waals surface area contributed by atoms with E-state index in [0.29, 0.717) is 17.1 Å². The Morgan fingerprint density at radius 3 is 1.96 bits per heavy atom. The van der Waals surface area contributed by atoms with Crippen molar-refractivity contribution in [3.05, 3.63) is 89.5 Å². The highest BCUT2D eigenvalue weighted by Gasteiger charge is 2.07. The third kappa shape index (κ3) is 4.53. The summed E-state index contributed by atoms with van der Waals surface area (Å²) in [6.45, 7) is 5.89. The van der Waals surface area contributed by atoms with E-state index in [2.05, 4.69) is 23.0 Å². The van der Waals surface area contributed by atoms with Crippen molar-refractivity contribution in [2.45, 2.75) is 27.2 Å². The molecule has 0 radical (unpaired) electrons. The molecule has 3 rings (SSSR count). The average Bonchev–Trinajstić information content (AvgIpc) is 2.70. The molecule has 1 heterocycles. The molecule has 2 aromatic carbocycles. The number of hydrogen-bond donors (Lipinski definition) is 0. The molecule has 0 N–H and O–H groups in total. The van der Waals surface area contributed by atoms with Crippen molar-refractivity contribution in [2.75, 3.05) is 0 Å². The van der Waals surface area contributed by atoms with Crippen LogP contribution in [0, 0.1) is 5.82 Å². The van der Waals surface area contributed by atoms with Gasteiger partial charge in [0.15, 0.2) is 0 Å². The van der Waals surface area contributed by atoms with Gasteiger partial charge in [-0.05, 0) is 56.2 Å². The van der Waals surface area contributed by atoms with Crippen molar-refractivity contribution >= 4 is 22.8 Å². The van der Waals surface area contributed by atoms with Gasteiger partial charge in [-0.25, -0.2) is 14.4 Å². The summed E-state index contributed by atoms with van der Waals surface area (Å²) in [6, 6.07) is 20.3. The highest BCUT2D eigenvalue weighted by Crippen LogP contribution is 2.21. The predicted octanol–water partition coefficient (Wildman–Crippen LogP) is 6.06. The number of aryl methyl sites for hydroxylation is 1. The molecule has 27 heavy (non-hydrogen) atoms. The minimum atomic E-state index is -0.345. The molecule has 0 fully saturated rings. The largest absolute Gasteiger partial charge is 0.251 e. The zero-order valence-electron chi connectivity index (χ0n) is 15.8. The number of halogens is 1. The van der Waals surface area contributed by atoms with Gasteiger partial charge in [0.1, 0.15) is 5.82 Å². The molecule has 3 nitrogen and oxygen atoms in total. The van der Waals surface area contributed by atoms with E-state index in [1.54, 1.807) is 18.2 Å². The lowest BCUT2D eigenvalue weighted by Gasteiger charge is -2.07. The van der Waals surface area contributed by atoms with E-state index in [4.69, 9.17) is 4.99 Å². The SMILES string of the molecule is CCc1ccccc1N=C(C)c1cccc(C(C)=Nc2ccccc2F)n1. The van der Waals surface area contributed by atoms with Gasteiger partial charge in [0.05, 0.1) is 34.2 Å². The molecule has 136 valence electrons. The van der Waals surface area contributed by atoms with E-state index in [1.807, 2.05) is 50.2 Å². The molecule has 0 atom stereocenters. The number of para-hydroxylation sites is 2. The summed E-state index contributed by atoms with van der Waals surface area (Å²) in [6.07, 6.45) is 0.925. The van der Waals surface area contributed by atoms with Crippen molar-refractivity contribution in [3.63, 3.8) is 0 Å². The average molecular weight is 359 g/mol. The van der Waals surface area contributed by atoms with Crippen molar-refractivity contribution in [2.24, 2.45) is 9.98 Å².